The minimum atomic E-state index is 0.600. The summed E-state index contributed by atoms with van der Waals surface area (Å²) < 4.78 is 0. The van der Waals surface area contributed by atoms with Gasteiger partial charge in [0.25, 0.3) is 0 Å². The highest BCUT2D eigenvalue weighted by Gasteiger charge is 2.21. The number of aryl methyl sites for hydroxylation is 1. The van der Waals surface area contributed by atoms with Gasteiger partial charge in [-0.25, -0.2) is 0 Å². The number of thioether (sulfide) groups is 2. The lowest BCUT2D eigenvalue weighted by Gasteiger charge is -2.29. The highest BCUT2D eigenvalue weighted by atomic mass is 32.2. The SMILES string of the molecule is c1ccc2c(c1)CCCC2NCC1CSCCS1. The van der Waals surface area contributed by atoms with Gasteiger partial charge in [0.05, 0.1) is 0 Å². The molecule has 1 aromatic rings. The van der Waals surface area contributed by atoms with Crippen molar-refractivity contribution < 1.29 is 0 Å². The molecule has 0 bridgehead atoms. The van der Waals surface area contributed by atoms with Gasteiger partial charge >= 0.3 is 0 Å². The molecule has 3 heteroatoms. The predicted molar refractivity (Wildman–Crippen MR) is 83.7 cm³/mol. The van der Waals surface area contributed by atoms with Crippen LogP contribution in [-0.2, 0) is 6.42 Å². The third kappa shape index (κ3) is 3.06. The van der Waals surface area contributed by atoms with E-state index in [0.717, 1.165) is 5.25 Å². The Balaban J connectivity index is 1.60. The van der Waals surface area contributed by atoms with Crippen LogP contribution in [-0.4, -0.2) is 29.1 Å². The molecule has 1 nitrogen and oxygen atoms in total. The fourth-order valence-corrected chi connectivity index (χ4v) is 5.52. The minimum Gasteiger partial charge on any atom is -0.309 e. The fraction of sp³-hybridized carbons (Fsp3) is 0.600. The van der Waals surface area contributed by atoms with E-state index in [9.17, 15) is 0 Å². The molecule has 0 amide bonds. The van der Waals surface area contributed by atoms with Crippen molar-refractivity contribution in [2.24, 2.45) is 0 Å². The van der Waals surface area contributed by atoms with Crippen LogP contribution in [0.2, 0.25) is 0 Å². The summed E-state index contributed by atoms with van der Waals surface area (Å²) in [5.41, 5.74) is 3.11. The Hall–Kier alpha value is -0.120. The number of hydrogen-bond acceptors (Lipinski definition) is 3. The van der Waals surface area contributed by atoms with Gasteiger partial charge in [0, 0.05) is 35.1 Å². The van der Waals surface area contributed by atoms with Crippen LogP contribution in [0.5, 0.6) is 0 Å². The summed E-state index contributed by atoms with van der Waals surface area (Å²) in [5.74, 6) is 4.00. The van der Waals surface area contributed by atoms with Gasteiger partial charge in [-0.1, -0.05) is 24.3 Å². The van der Waals surface area contributed by atoms with Crippen molar-refractivity contribution in [1.29, 1.82) is 0 Å². The molecule has 2 unspecified atom stereocenters. The van der Waals surface area contributed by atoms with Crippen LogP contribution in [0, 0.1) is 0 Å². The average molecular weight is 279 g/mol. The van der Waals surface area contributed by atoms with Crippen molar-refractivity contribution in [2.45, 2.75) is 30.6 Å². The first-order valence-corrected chi connectivity index (χ1v) is 9.14. The van der Waals surface area contributed by atoms with E-state index in [-0.39, 0.29) is 0 Å². The average Bonchev–Trinajstić information content (AvgIpc) is 2.46. The van der Waals surface area contributed by atoms with Gasteiger partial charge in [-0.15, -0.1) is 0 Å². The van der Waals surface area contributed by atoms with Crippen molar-refractivity contribution in [3.8, 4) is 0 Å². The molecule has 2 aliphatic rings. The zero-order chi connectivity index (χ0) is 12.2. The molecule has 18 heavy (non-hydrogen) atoms. The Labute approximate surface area is 119 Å². The Morgan fingerprint density at radius 1 is 1.22 bits per heavy atom. The Kier molecular flexibility index (Phi) is 4.55. The van der Waals surface area contributed by atoms with Gasteiger partial charge in [-0.05, 0) is 30.4 Å². The molecule has 3 rings (SSSR count). The van der Waals surface area contributed by atoms with Gasteiger partial charge in [0.2, 0.25) is 0 Å². The summed E-state index contributed by atoms with van der Waals surface area (Å²) in [7, 11) is 0. The smallest absolute Gasteiger partial charge is 0.0323 e. The van der Waals surface area contributed by atoms with Crippen LogP contribution in [0.3, 0.4) is 0 Å². The monoisotopic (exact) mass is 279 g/mol. The van der Waals surface area contributed by atoms with Crippen molar-refractivity contribution >= 4 is 23.5 Å². The van der Waals surface area contributed by atoms with Crippen LogP contribution in [0.15, 0.2) is 24.3 Å². The van der Waals surface area contributed by atoms with Gasteiger partial charge < -0.3 is 5.32 Å². The van der Waals surface area contributed by atoms with Crippen molar-refractivity contribution in [2.75, 3.05) is 23.8 Å². The van der Waals surface area contributed by atoms with Crippen LogP contribution < -0.4 is 5.32 Å². The van der Waals surface area contributed by atoms with Gasteiger partial charge in [-0.2, -0.15) is 23.5 Å². The first kappa shape index (κ1) is 12.9. The standard InChI is InChI=1S/C15H21NS2/c1-2-6-14-12(4-1)5-3-7-15(14)16-10-13-11-17-8-9-18-13/h1-2,4,6,13,15-16H,3,5,7-11H2. The highest BCUT2D eigenvalue weighted by Crippen LogP contribution is 2.30. The lowest BCUT2D eigenvalue weighted by molar-refractivity contribution is 0.463. The van der Waals surface area contributed by atoms with E-state index in [1.54, 1.807) is 11.1 Å². The van der Waals surface area contributed by atoms with Crippen LogP contribution >= 0.6 is 23.5 Å². The minimum absolute atomic E-state index is 0.600. The molecule has 1 fully saturated rings. The molecule has 1 aliphatic carbocycles. The molecule has 2 atom stereocenters. The molecule has 0 saturated carbocycles. The van der Waals surface area contributed by atoms with E-state index in [0.29, 0.717) is 6.04 Å². The van der Waals surface area contributed by atoms with Gasteiger partial charge in [-0.3, -0.25) is 0 Å². The maximum absolute atomic E-state index is 3.81. The largest absolute Gasteiger partial charge is 0.309 e. The Morgan fingerprint density at radius 3 is 3.06 bits per heavy atom. The molecule has 1 saturated heterocycles. The summed E-state index contributed by atoms with van der Waals surface area (Å²) in [6.45, 7) is 1.18. The topological polar surface area (TPSA) is 12.0 Å². The molecule has 1 N–H and O–H groups in total. The molecule has 0 spiro atoms. The molecule has 1 aliphatic heterocycles. The summed E-state index contributed by atoms with van der Waals surface area (Å²) in [5, 5.41) is 4.63. The summed E-state index contributed by atoms with van der Waals surface area (Å²) in [6.07, 6.45) is 3.91. The Morgan fingerprint density at radius 2 is 2.17 bits per heavy atom. The van der Waals surface area contributed by atoms with Crippen LogP contribution in [0.4, 0.5) is 0 Å². The molecule has 0 aromatic heterocycles. The second-order valence-corrected chi connectivity index (χ2v) is 7.68. The van der Waals surface area contributed by atoms with E-state index < -0.39 is 0 Å². The number of fused-ring (bicyclic) bond motifs is 1. The van der Waals surface area contributed by atoms with E-state index in [1.165, 1.54) is 43.1 Å². The number of benzene rings is 1. The maximum Gasteiger partial charge on any atom is 0.0323 e. The quantitative estimate of drug-likeness (QED) is 0.909. The second-order valence-electron chi connectivity index (χ2n) is 5.12. The summed E-state index contributed by atoms with van der Waals surface area (Å²) in [4.78, 5) is 0. The van der Waals surface area contributed by atoms with E-state index in [4.69, 9.17) is 0 Å². The lowest BCUT2D eigenvalue weighted by atomic mass is 9.88. The molecule has 0 radical (unpaired) electrons. The number of hydrogen-bond donors (Lipinski definition) is 1. The van der Waals surface area contributed by atoms with Gasteiger partial charge in [0.1, 0.15) is 0 Å². The zero-order valence-electron chi connectivity index (χ0n) is 10.7. The van der Waals surface area contributed by atoms with Crippen molar-refractivity contribution in [3.63, 3.8) is 0 Å². The predicted octanol–water partition coefficient (Wildman–Crippen LogP) is 3.50. The lowest BCUT2D eigenvalue weighted by Crippen LogP contribution is -2.33. The first-order chi connectivity index (χ1) is 8.93. The molecular formula is C15H21NS2. The van der Waals surface area contributed by atoms with Crippen molar-refractivity contribution in [1.82, 2.24) is 5.32 Å². The van der Waals surface area contributed by atoms with Crippen LogP contribution in [0.1, 0.15) is 30.0 Å². The summed E-state index contributed by atoms with van der Waals surface area (Å²) >= 11 is 4.26. The first-order valence-electron chi connectivity index (χ1n) is 6.94. The Bertz CT molecular complexity index is 388. The van der Waals surface area contributed by atoms with Crippen LogP contribution in [0.25, 0.3) is 0 Å². The molecule has 1 heterocycles. The molecule has 1 aromatic carbocycles. The zero-order valence-corrected chi connectivity index (χ0v) is 12.4. The van der Waals surface area contributed by atoms with Crippen molar-refractivity contribution in [3.05, 3.63) is 35.4 Å². The normalized spacial score (nSPS) is 27.8. The van der Waals surface area contributed by atoms with E-state index in [1.807, 2.05) is 0 Å². The second kappa shape index (κ2) is 6.36. The highest BCUT2D eigenvalue weighted by molar-refractivity contribution is 8.06. The fourth-order valence-electron chi connectivity index (χ4n) is 2.89. The molecular weight excluding hydrogens is 258 g/mol. The summed E-state index contributed by atoms with van der Waals surface area (Å²) in [6, 6.07) is 9.57. The van der Waals surface area contributed by atoms with E-state index >= 15 is 0 Å². The third-order valence-corrected chi connectivity index (χ3v) is 6.69. The molecule has 98 valence electrons. The van der Waals surface area contributed by atoms with E-state index in [2.05, 4.69) is 53.1 Å². The third-order valence-electron chi connectivity index (χ3n) is 3.85. The number of rotatable bonds is 3. The maximum atomic E-state index is 3.81. The van der Waals surface area contributed by atoms with Gasteiger partial charge in [0.15, 0.2) is 0 Å². The number of nitrogens with one attached hydrogen (secondary N) is 1.